The number of rotatable bonds is 5. The van der Waals surface area contributed by atoms with Gasteiger partial charge in [-0.2, -0.15) is 0 Å². The highest BCUT2D eigenvalue weighted by Crippen LogP contribution is 2.68. The summed E-state index contributed by atoms with van der Waals surface area (Å²) in [5, 5.41) is 3.01. The van der Waals surface area contributed by atoms with Crippen molar-refractivity contribution in [1.29, 1.82) is 0 Å². The van der Waals surface area contributed by atoms with E-state index in [0.717, 1.165) is 31.6 Å². The Morgan fingerprint density at radius 3 is 2.31 bits per heavy atom. The molecule has 0 unspecified atom stereocenters. The van der Waals surface area contributed by atoms with Crippen LogP contribution in [0.25, 0.3) is 0 Å². The first kappa shape index (κ1) is 25.0. The first-order valence-electron chi connectivity index (χ1n) is 13.8. The molecule has 5 fully saturated rings. The SMILES string of the molecule is CC(=O)[C@H]1CC[C@H]2[C@@H]3CC[C@H]4C[C@](C)(OC(=O)COC(=O)OC5CNC5)CC[C@]4(C)[C@H]3CC[C@]12C. The minimum absolute atomic E-state index is 0.169. The predicted octanol–water partition coefficient (Wildman–Crippen LogP) is 4.66. The monoisotopic (exact) mass is 489 g/mol. The molecular weight excluding hydrogens is 446 g/mol. The van der Waals surface area contributed by atoms with Gasteiger partial charge in [0.15, 0.2) is 6.61 Å². The van der Waals surface area contributed by atoms with Gasteiger partial charge >= 0.3 is 12.1 Å². The average Bonchev–Trinajstić information content (AvgIpc) is 3.13. The highest BCUT2D eigenvalue weighted by atomic mass is 16.7. The highest BCUT2D eigenvalue weighted by Gasteiger charge is 2.61. The van der Waals surface area contributed by atoms with Gasteiger partial charge < -0.3 is 19.5 Å². The van der Waals surface area contributed by atoms with Crippen molar-refractivity contribution in [2.24, 2.45) is 40.4 Å². The maximum absolute atomic E-state index is 12.5. The normalized spacial score (nSPS) is 44.7. The van der Waals surface area contributed by atoms with Crippen LogP contribution in [0, 0.1) is 40.4 Å². The molecule has 0 bridgehead atoms. The Balaban J connectivity index is 1.18. The Hall–Kier alpha value is -1.63. The molecule has 35 heavy (non-hydrogen) atoms. The maximum atomic E-state index is 12.5. The van der Waals surface area contributed by atoms with Gasteiger partial charge in [-0.1, -0.05) is 13.8 Å². The zero-order chi connectivity index (χ0) is 25.0. The summed E-state index contributed by atoms with van der Waals surface area (Å²) in [7, 11) is 0. The first-order valence-corrected chi connectivity index (χ1v) is 13.8. The summed E-state index contributed by atoms with van der Waals surface area (Å²) in [6.07, 6.45) is 8.84. The molecule has 1 saturated heterocycles. The molecule has 8 atom stereocenters. The summed E-state index contributed by atoms with van der Waals surface area (Å²) >= 11 is 0. The Morgan fingerprint density at radius 2 is 1.63 bits per heavy atom. The van der Waals surface area contributed by atoms with Crippen LogP contribution < -0.4 is 5.32 Å². The van der Waals surface area contributed by atoms with E-state index < -0.39 is 24.3 Å². The van der Waals surface area contributed by atoms with E-state index in [-0.39, 0.29) is 22.9 Å². The van der Waals surface area contributed by atoms with Crippen LogP contribution in [0.1, 0.15) is 85.5 Å². The summed E-state index contributed by atoms with van der Waals surface area (Å²) < 4.78 is 16.0. The van der Waals surface area contributed by atoms with Crippen molar-refractivity contribution in [2.45, 2.75) is 97.2 Å². The lowest BCUT2D eigenvalue weighted by Gasteiger charge is -2.62. The minimum Gasteiger partial charge on any atom is -0.457 e. The second-order valence-electron chi connectivity index (χ2n) is 13.0. The molecule has 1 heterocycles. The number of ketones is 1. The lowest BCUT2D eigenvalue weighted by Crippen LogP contribution is -2.56. The van der Waals surface area contributed by atoms with Gasteiger partial charge in [0.25, 0.3) is 0 Å². The summed E-state index contributed by atoms with van der Waals surface area (Å²) in [4.78, 5) is 36.6. The molecule has 0 aromatic rings. The third-order valence-corrected chi connectivity index (χ3v) is 11.1. The van der Waals surface area contributed by atoms with E-state index in [9.17, 15) is 14.4 Å². The smallest absolute Gasteiger partial charge is 0.457 e. The fourth-order valence-corrected chi connectivity index (χ4v) is 9.11. The van der Waals surface area contributed by atoms with Crippen LogP contribution in [-0.2, 0) is 23.8 Å². The molecule has 5 rings (SSSR count). The minimum atomic E-state index is -0.809. The van der Waals surface area contributed by atoms with Crippen LogP contribution in [0.2, 0.25) is 0 Å². The Kier molecular flexibility index (Phi) is 6.46. The van der Waals surface area contributed by atoms with Crippen LogP contribution in [-0.4, -0.2) is 49.3 Å². The van der Waals surface area contributed by atoms with Crippen molar-refractivity contribution in [2.75, 3.05) is 19.7 Å². The number of nitrogens with one attached hydrogen (secondary N) is 1. The third-order valence-electron chi connectivity index (χ3n) is 11.1. The Labute approximate surface area is 209 Å². The van der Waals surface area contributed by atoms with Crippen LogP contribution in [0.4, 0.5) is 4.79 Å². The zero-order valence-electron chi connectivity index (χ0n) is 21.9. The molecule has 196 valence electrons. The van der Waals surface area contributed by atoms with E-state index in [1.807, 2.05) is 6.92 Å². The van der Waals surface area contributed by atoms with Crippen LogP contribution in [0.5, 0.6) is 0 Å². The summed E-state index contributed by atoms with van der Waals surface area (Å²) in [5.74, 6) is 2.76. The third kappa shape index (κ3) is 4.40. The number of hydrogen-bond donors (Lipinski definition) is 1. The van der Waals surface area contributed by atoms with E-state index in [2.05, 4.69) is 19.2 Å². The molecule has 7 nitrogen and oxygen atoms in total. The van der Waals surface area contributed by atoms with Crippen LogP contribution in [0.15, 0.2) is 0 Å². The van der Waals surface area contributed by atoms with Crippen molar-refractivity contribution < 1.29 is 28.6 Å². The molecule has 0 spiro atoms. The molecule has 7 heteroatoms. The van der Waals surface area contributed by atoms with Gasteiger partial charge in [0.2, 0.25) is 0 Å². The zero-order valence-corrected chi connectivity index (χ0v) is 21.9. The van der Waals surface area contributed by atoms with Gasteiger partial charge in [0.05, 0.1) is 0 Å². The van der Waals surface area contributed by atoms with Crippen molar-refractivity contribution in [3.05, 3.63) is 0 Å². The van der Waals surface area contributed by atoms with Gasteiger partial charge in [0, 0.05) is 19.0 Å². The molecule has 1 aliphatic heterocycles. The largest absolute Gasteiger partial charge is 0.509 e. The number of fused-ring (bicyclic) bond motifs is 5. The lowest BCUT2D eigenvalue weighted by atomic mass is 9.44. The number of hydrogen-bond acceptors (Lipinski definition) is 7. The van der Waals surface area contributed by atoms with E-state index in [0.29, 0.717) is 36.6 Å². The summed E-state index contributed by atoms with van der Waals surface area (Å²) in [6.45, 7) is 9.57. The number of ether oxygens (including phenoxy) is 3. The molecule has 4 aliphatic carbocycles. The molecular formula is C28H43NO6. The second-order valence-corrected chi connectivity index (χ2v) is 13.0. The lowest BCUT2D eigenvalue weighted by molar-refractivity contribution is -0.184. The van der Waals surface area contributed by atoms with E-state index in [1.165, 1.54) is 32.1 Å². The predicted molar refractivity (Wildman–Crippen MR) is 129 cm³/mol. The Bertz CT molecular complexity index is 872. The quantitative estimate of drug-likeness (QED) is 0.562. The molecule has 1 N–H and O–H groups in total. The number of esters is 1. The van der Waals surface area contributed by atoms with Gasteiger partial charge in [-0.3, -0.25) is 4.79 Å². The standard InChI is InChI=1S/C28H43NO6/c1-17(30)21-7-8-22-20-6-5-18-13-26(2,11-12-27(18,3)23(20)9-10-28(21,22)4)35-24(31)16-33-25(32)34-19-14-29-15-19/h18-23,29H,5-16H2,1-4H3/t18-,20-,21+,22-,23-,26+,27-,28+/m0/s1. The molecule has 0 aromatic heterocycles. The average molecular weight is 490 g/mol. The molecule has 5 aliphatic rings. The van der Waals surface area contributed by atoms with Crippen molar-refractivity contribution in [1.82, 2.24) is 5.32 Å². The van der Waals surface area contributed by atoms with E-state index in [4.69, 9.17) is 14.2 Å². The van der Waals surface area contributed by atoms with E-state index in [1.54, 1.807) is 6.92 Å². The number of carbonyl (C=O) groups is 3. The fourth-order valence-electron chi connectivity index (χ4n) is 9.11. The molecule has 0 amide bonds. The van der Waals surface area contributed by atoms with Crippen LogP contribution in [0.3, 0.4) is 0 Å². The fraction of sp³-hybridized carbons (Fsp3) is 0.893. The topological polar surface area (TPSA) is 90.9 Å². The van der Waals surface area contributed by atoms with Crippen LogP contribution >= 0.6 is 0 Å². The van der Waals surface area contributed by atoms with Crippen molar-refractivity contribution in [3.8, 4) is 0 Å². The first-order chi connectivity index (χ1) is 16.5. The Morgan fingerprint density at radius 1 is 0.886 bits per heavy atom. The molecule has 0 radical (unpaired) electrons. The van der Waals surface area contributed by atoms with Gasteiger partial charge in [-0.25, -0.2) is 9.59 Å². The van der Waals surface area contributed by atoms with Gasteiger partial charge in [-0.05, 0) is 106 Å². The molecule has 4 saturated carbocycles. The highest BCUT2D eigenvalue weighted by molar-refractivity contribution is 5.79. The number of Topliss-reactive ketones (excluding diaryl/α,β-unsaturated/α-hetero) is 1. The van der Waals surface area contributed by atoms with Crippen molar-refractivity contribution >= 4 is 17.9 Å². The maximum Gasteiger partial charge on any atom is 0.509 e. The van der Waals surface area contributed by atoms with Gasteiger partial charge in [-0.15, -0.1) is 0 Å². The van der Waals surface area contributed by atoms with Crippen molar-refractivity contribution in [3.63, 3.8) is 0 Å². The number of carbonyl (C=O) groups excluding carboxylic acids is 3. The second kappa shape index (κ2) is 9.04. The summed E-state index contributed by atoms with van der Waals surface area (Å²) in [5.41, 5.74) is -0.0672. The molecule has 0 aromatic carbocycles. The van der Waals surface area contributed by atoms with E-state index >= 15 is 0 Å². The summed E-state index contributed by atoms with van der Waals surface area (Å²) in [6, 6.07) is 0. The van der Waals surface area contributed by atoms with Gasteiger partial charge in [0.1, 0.15) is 17.5 Å².